The van der Waals surface area contributed by atoms with Gasteiger partial charge in [-0.05, 0) is 19.1 Å². The quantitative estimate of drug-likeness (QED) is 0.692. The molecule has 1 N–H and O–H groups in total. The average molecular weight is 319 g/mol. The zero-order chi connectivity index (χ0) is 16.3. The van der Waals surface area contributed by atoms with Crippen molar-refractivity contribution in [3.63, 3.8) is 0 Å². The Hall–Kier alpha value is -2.65. The van der Waals surface area contributed by atoms with Gasteiger partial charge in [0.2, 0.25) is 0 Å². The number of aromatic nitrogens is 3. The zero-order valence-corrected chi connectivity index (χ0v) is 11.1. The first-order valence-corrected chi connectivity index (χ1v) is 5.95. The summed E-state index contributed by atoms with van der Waals surface area (Å²) in [5, 5.41) is 9.30. The summed E-state index contributed by atoms with van der Waals surface area (Å²) in [5.41, 5.74) is -0.661. The molecule has 1 aromatic heterocycles. The molecule has 2 rings (SSSR count). The number of carbonyl (C=O) groups is 1. The van der Waals surface area contributed by atoms with Gasteiger partial charge in [-0.1, -0.05) is 0 Å². The fourth-order valence-electron chi connectivity index (χ4n) is 1.65. The van der Waals surface area contributed by atoms with Gasteiger partial charge in [0.1, 0.15) is 17.3 Å². The maximum atomic E-state index is 13.9. The van der Waals surface area contributed by atoms with Crippen molar-refractivity contribution in [2.45, 2.75) is 13.3 Å². The van der Waals surface area contributed by atoms with Crippen molar-refractivity contribution in [2.24, 2.45) is 0 Å². The summed E-state index contributed by atoms with van der Waals surface area (Å²) in [6, 6.07) is 2.43. The number of ether oxygens (including phenoxy) is 2. The number of hydrogen-bond donors (Lipinski definition) is 1. The number of hydrogen-bond acceptors (Lipinski definition) is 5. The van der Waals surface area contributed by atoms with E-state index in [-0.39, 0.29) is 23.6 Å². The van der Waals surface area contributed by atoms with Crippen molar-refractivity contribution in [1.82, 2.24) is 15.4 Å². The Bertz CT molecular complexity index is 684. The first kappa shape index (κ1) is 15.7. The minimum Gasteiger partial charge on any atom is -0.461 e. The van der Waals surface area contributed by atoms with Crippen LogP contribution in [0.3, 0.4) is 0 Å². The van der Waals surface area contributed by atoms with E-state index < -0.39 is 23.9 Å². The van der Waals surface area contributed by atoms with Crippen LogP contribution in [0.2, 0.25) is 0 Å². The highest BCUT2D eigenvalue weighted by Gasteiger charge is 2.31. The maximum absolute atomic E-state index is 13.9. The molecule has 1 aromatic carbocycles. The summed E-state index contributed by atoms with van der Waals surface area (Å²) in [6.45, 7) is 1.65. The van der Waals surface area contributed by atoms with E-state index in [1.807, 2.05) is 0 Å². The molecule has 0 aliphatic rings. The monoisotopic (exact) mass is 319 g/mol. The first-order chi connectivity index (χ1) is 10.3. The van der Waals surface area contributed by atoms with Crippen molar-refractivity contribution >= 4 is 5.97 Å². The predicted molar refractivity (Wildman–Crippen MR) is 64.4 cm³/mol. The third-order valence-corrected chi connectivity index (χ3v) is 2.45. The SMILES string of the molecule is CCOC(=O)c1n[nH]nc1-c1ccc(OC(F)(F)F)cc1F. The molecule has 118 valence electrons. The molecule has 6 nitrogen and oxygen atoms in total. The lowest BCUT2D eigenvalue weighted by molar-refractivity contribution is -0.274. The molecule has 22 heavy (non-hydrogen) atoms. The zero-order valence-electron chi connectivity index (χ0n) is 11.1. The number of nitrogens with zero attached hydrogens (tertiary/aromatic N) is 2. The Kier molecular flexibility index (Phi) is 4.29. The minimum atomic E-state index is -4.93. The highest BCUT2D eigenvalue weighted by Crippen LogP contribution is 2.29. The molecule has 2 aromatic rings. The van der Waals surface area contributed by atoms with Crippen LogP contribution in [0.1, 0.15) is 17.4 Å². The molecule has 0 atom stereocenters. The van der Waals surface area contributed by atoms with Crippen LogP contribution < -0.4 is 4.74 Å². The Labute approximate surface area is 121 Å². The van der Waals surface area contributed by atoms with Gasteiger partial charge in [0, 0.05) is 11.6 Å². The molecule has 0 aliphatic carbocycles. The lowest BCUT2D eigenvalue weighted by Gasteiger charge is -2.09. The number of benzene rings is 1. The van der Waals surface area contributed by atoms with Crippen molar-refractivity contribution in [1.29, 1.82) is 0 Å². The summed E-state index contributed by atoms with van der Waals surface area (Å²) in [4.78, 5) is 11.6. The van der Waals surface area contributed by atoms with Crippen LogP contribution in [0.5, 0.6) is 5.75 Å². The normalized spacial score (nSPS) is 11.3. The van der Waals surface area contributed by atoms with Crippen molar-refractivity contribution in [3.8, 4) is 17.0 Å². The van der Waals surface area contributed by atoms with E-state index in [4.69, 9.17) is 4.74 Å². The highest BCUT2D eigenvalue weighted by atomic mass is 19.4. The number of aromatic amines is 1. The second-order valence-corrected chi connectivity index (χ2v) is 3.93. The van der Waals surface area contributed by atoms with Crippen LogP contribution in [0, 0.1) is 5.82 Å². The topological polar surface area (TPSA) is 77.1 Å². The van der Waals surface area contributed by atoms with Crippen molar-refractivity contribution in [2.75, 3.05) is 6.61 Å². The summed E-state index contributed by atoms with van der Waals surface area (Å²) in [7, 11) is 0. The Balaban J connectivity index is 2.35. The van der Waals surface area contributed by atoms with E-state index in [0.717, 1.165) is 12.1 Å². The van der Waals surface area contributed by atoms with Crippen molar-refractivity contribution < 1.29 is 31.8 Å². The smallest absolute Gasteiger partial charge is 0.461 e. The largest absolute Gasteiger partial charge is 0.573 e. The summed E-state index contributed by atoms with van der Waals surface area (Å²) in [6.07, 6.45) is -4.93. The van der Waals surface area contributed by atoms with Gasteiger partial charge in [0.25, 0.3) is 0 Å². The van der Waals surface area contributed by atoms with Gasteiger partial charge in [-0.25, -0.2) is 9.18 Å². The third-order valence-electron chi connectivity index (χ3n) is 2.45. The Morgan fingerprint density at radius 1 is 1.32 bits per heavy atom. The van der Waals surface area contributed by atoms with Crippen LogP contribution in [-0.2, 0) is 4.74 Å². The molecular weight excluding hydrogens is 310 g/mol. The number of rotatable bonds is 4. The van der Waals surface area contributed by atoms with Gasteiger partial charge in [-0.2, -0.15) is 10.3 Å². The fraction of sp³-hybridized carbons (Fsp3) is 0.250. The summed E-state index contributed by atoms with van der Waals surface area (Å²) < 4.78 is 58.5. The minimum absolute atomic E-state index is 0.0754. The lowest BCUT2D eigenvalue weighted by Crippen LogP contribution is -2.17. The van der Waals surface area contributed by atoms with Crippen molar-refractivity contribution in [3.05, 3.63) is 29.7 Å². The molecule has 0 bridgehead atoms. The lowest BCUT2D eigenvalue weighted by atomic mass is 10.1. The van der Waals surface area contributed by atoms with Gasteiger partial charge in [-0.3, -0.25) is 0 Å². The molecule has 0 amide bonds. The highest BCUT2D eigenvalue weighted by molar-refractivity contribution is 5.93. The molecule has 0 fully saturated rings. The van der Waals surface area contributed by atoms with Gasteiger partial charge in [-0.15, -0.1) is 18.3 Å². The average Bonchev–Trinajstić information content (AvgIpc) is 2.86. The number of nitrogens with one attached hydrogen (secondary N) is 1. The van der Waals surface area contributed by atoms with E-state index in [9.17, 15) is 22.4 Å². The van der Waals surface area contributed by atoms with Crippen LogP contribution in [0.25, 0.3) is 11.3 Å². The predicted octanol–water partition coefficient (Wildman–Crippen LogP) is 2.69. The molecule has 0 saturated carbocycles. The van der Waals surface area contributed by atoms with E-state index in [1.165, 1.54) is 0 Å². The number of alkyl halides is 3. The Morgan fingerprint density at radius 2 is 2.05 bits per heavy atom. The molecular formula is C12H9F4N3O3. The molecule has 1 heterocycles. The van der Waals surface area contributed by atoms with E-state index >= 15 is 0 Å². The molecule has 10 heteroatoms. The fourth-order valence-corrected chi connectivity index (χ4v) is 1.65. The number of carbonyl (C=O) groups excluding carboxylic acids is 1. The van der Waals surface area contributed by atoms with Gasteiger partial charge in [0.05, 0.1) is 6.61 Å². The summed E-state index contributed by atoms with van der Waals surface area (Å²) >= 11 is 0. The molecule has 0 saturated heterocycles. The molecule has 0 spiro atoms. The first-order valence-electron chi connectivity index (χ1n) is 5.95. The summed E-state index contributed by atoms with van der Waals surface area (Å²) in [5.74, 6) is -2.61. The maximum Gasteiger partial charge on any atom is 0.573 e. The van der Waals surface area contributed by atoms with E-state index in [0.29, 0.717) is 6.07 Å². The van der Waals surface area contributed by atoms with Crippen LogP contribution in [-0.4, -0.2) is 34.3 Å². The van der Waals surface area contributed by atoms with Crippen LogP contribution in [0.15, 0.2) is 18.2 Å². The number of esters is 1. The molecule has 0 unspecified atom stereocenters. The van der Waals surface area contributed by atoms with E-state index in [2.05, 4.69) is 20.1 Å². The second kappa shape index (κ2) is 6.00. The van der Waals surface area contributed by atoms with Gasteiger partial charge >= 0.3 is 12.3 Å². The second-order valence-electron chi connectivity index (χ2n) is 3.93. The number of halogens is 4. The standard InChI is InChI=1S/C12H9F4N3O3/c1-2-21-11(20)10-9(17-19-18-10)7-4-3-6(5-8(7)13)22-12(14,15)16/h3-5H,2H2,1H3,(H,17,18,19). The molecule has 0 radical (unpaired) electrons. The van der Waals surface area contributed by atoms with E-state index in [1.54, 1.807) is 6.92 Å². The van der Waals surface area contributed by atoms with Crippen LogP contribution >= 0.6 is 0 Å². The van der Waals surface area contributed by atoms with Gasteiger partial charge < -0.3 is 9.47 Å². The number of H-pyrrole nitrogens is 1. The van der Waals surface area contributed by atoms with Gasteiger partial charge in [0.15, 0.2) is 5.69 Å². The van der Waals surface area contributed by atoms with Crippen LogP contribution in [0.4, 0.5) is 17.6 Å². The third kappa shape index (κ3) is 3.51. The molecule has 0 aliphatic heterocycles. The Morgan fingerprint density at radius 3 is 2.64 bits per heavy atom.